The normalized spacial score (nSPS) is 22.2. The number of morpholine rings is 1. The molecule has 0 spiro atoms. The summed E-state index contributed by atoms with van der Waals surface area (Å²) in [7, 11) is 0. The molecule has 2 aliphatic rings. The van der Waals surface area contributed by atoms with Gasteiger partial charge in [0.1, 0.15) is 0 Å². The zero-order chi connectivity index (χ0) is 20.3. The number of esters is 1. The van der Waals surface area contributed by atoms with Crippen molar-refractivity contribution in [3.05, 3.63) is 33.9 Å². The van der Waals surface area contributed by atoms with E-state index in [-0.39, 0.29) is 29.4 Å². The fourth-order valence-electron chi connectivity index (χ4n) is 3.71. The van der Waals surface area contributed by atoms with Crippen LogP contribution in [-0.4, -0.2) is 66.7 Å². The number of nitrogens with zero attached hydrogens (tertiary/aromatic N) is 3. The zero-order valence-electron chi connectivity index (χ0n) is 16.1. The molecule has 1 aromatic carbocycles. The molecule has 0 aliphatic carbocycles. The van der Waals surface area contributed by atoms with Crippen LogP contribution in [-0.2, 0) is 14.3 Å². The van der Waals surface area contributed by atoms with E-state index in [4.69, 9.17) is 9.47 Å². The third-order valence-corrected chi connectivity index (χ3v) is 4.96. The van der Waals surface area contributed by atoms with E-state index < -0.39 is 17.5 Å². The van der Waals surface area contributed by atoms with Crippen molar-refractivity contribution in [2.45, 2.75) is 38.9 Å². The predicted octanol–water partition coefficient (Wildman–Crippen LogP) is 1.99. The Balaban J connectivity index is 1.71. The topological polar surface area (TPSA) is 102 Å². The molecule has 152 valence electrons. The Morgan fingerprint density at radius 2 is 1.86 bits per heavy atom. The quantitative estimate of drug-likeness (QED) is 0.430. The van der Waals surface area contributed by atoms with Crippen LogP contribution in [0.15, 0.2) is 18.2 Å². The van der Waals surface area contributed by atoms with Gasteiger partial charge < -0.3 is 19.3 Å². The van der Waals surface area contributed by atoms with E-state index in [1.807, 2.05) is 18.7 Å². The van der Waals surface area contributed by atoms with Gasteiger partial charge in [-0.2, -0.15) is 0 Å². The van der Waals surface area contributed by atoms with Crippen molar-refractivity contribution in [1.82, 2.24) is 4.90 Å². The summed E-state index contributed by atoms with van der Waals surface area (Å²) >= 11 is 0. The molecule has 2 aliphatic heterocycles. The molecule has 28 heavy (non-hydrogen) atoms. The first kappa shape index (κ1) is 20.1. The highest BCUT2D eigenvalue weighted by molar-refractivity contribution is 5.97. The molecule has 2 atom stereocenters. The van der Waals surface area contributed by atoms with Crippen molar-refractivity contribution in [3.63, 3.8) is 0 Å². The Kier molecular flexibility index (Phi) is 6.13. The Labute approximate surface area is 163 Å². The highest BCUT2D eigenvalue weighted by Crippen LogP contribution is 2.29. The minimum absolute atomic E-state index is 0.0815. The summed E-state index contributed by atoms with van der Waals surface area (Å²) in [6.07, 6.45) is 1.83. The number of amides is 1. The van der Waals surface area contributed by atoms with E-state index in [0.717, 1.165) is 25.9 Å². The Bertz CT molecular complexity index is 752. The average Bonchev–Trinajstić information content (AvgIpc) is 3.19. The summed E-state index contributed by atoms with van der Waals surface area (Å²) in [5, 5.41) is 11.1. The van der Waals surface area contributed by atoms with Gasteiger partial charge in [-0.05, 0) is 32.8 Å². The molecule has 2 heterocycles. The van der Waals surface area contributed by atoms with Crippen LogP contribution >= 0.6 is 0 Å². The molecule has 0 saturated carbocycles. The summed E-state index contributed by atoms with van der Waals surface area (Å²) < 4.78 is 10.8. The molecule has 0 N–H and O–H groups in total. The number of benzene rings is 1. The van der Waals surface area contributed by atoms with Crippen LogP contribution in [0.5, 0.6) is 0 Å². The van der Waals surface area contributed by atoms with E-state index in [2.05, 4.69) is 0 Å². The number of hydrogen-bond donors (Lipinski definition) is 0. The Hall–Kier alpha value is -2.68. The molecule has 0 bridgehead atoms. The molecular weight excluding hydrogens is 366 g/mol. The monoisotopic (exact) mass is 391 g/mol. The number of carbonyl (C=O) groups is 2. The lowest BCUT2D eigenvalue weighted by atomic mass is 10.1. The standard InChI is InChI=1S/C19H25N3O6/c1-13-10-21(11-14(2)28-13)18(23)12-27-19(24)16-9-15(22(25)26)5-6-17(16)20-7-3-4-8-20/h5-6,9,13-14H,3-4,7-8,10-12H2,1-2H3/t13-,14+. The number of non-ortho nitro benzene ring substituents is 1. The van der Waals surface area contributed by atoms with Gasteiger partial charge in [0.05, 0.1) is 28.4 Å². The summed E-state index contributed by atoms with van der Waals surface area (Å²) in [6, 6.07) is 4.18. The molecule has 9 heteroatoms. The van der Waals surface area contributed by atoms with Crippen molar-refractivity contribution < 1.29 is 24.0 Å². The predicted molar refractivity (Wildman–Crippen MR) is 101 cm³/mol. The first-order chi connectivity index (χ1) is 13.3. The Morgan fingerprint density at radius 3 is 2.46 bits per heavy atom. The molecule has 9 nitrogen and oxygen atoms in total. The second kappa shape index (κ2) is 8.55. The van der Waals surface area contributed by atoms with Crippen molar-refractivity contribution in [1.29, 1.82) is 0 Å². The number of nitro benzene ring substituents is 1. The fourth-order valence-corrected chi connectivity index (χ4v) is 3.71. The van der Waals surface area contributed by atoms with Crippen molar-refractivity contribution in [2.75, 3.05) is 37.7 Å². The van der Waals surface area contributed by atoms with Crippen LogP contribution in [0.3, 0.4) is 0 Å². The second-order valence-corrected chi connectivity index (χ2v) is 7.28. The van der Waals surface area contributed by atoms with Crippen LogP contribution in [0.4, 0.5) is 11.4 Å². The number of carbonyl (C=O) groups excluding carboxylic acids is 2. The van der Waals surface area contributed by atoms with Gasteiger partial charge in [0.15, 0.2) is 6.61 Å². The largest absolute Gasteiger partial charge is 0.452 e. The molecule has 1 aromatic rings. The van der Waals surface area contributed by atoms with E-state index >= 15 is 0 Å². The van der Waals surface area contributed by atoms with Crippen LogP contribution in [0, 0.1) is 10.1 Å². The molecule has 2 fully saturated rings. The first-order valence-corrected chi connectivity index (χ1v) is 9.49. The van der Waals surface area contributed by atoms with E-state index in [1.165, 1.54) is 12.1 Å². The molecule has 0 aromatic heterocycles. The smallest absolute Gasteiger partial charge is 0.341 e. The molecule has 2 saturated heterocycles. The SMILES string of the molecule is C[C@@H]1CN(C(=O)COC(=O)c2cc([N+](=O)[O-])ccc2N2CCCC2)C[C@H](C)O1. The third kappa shape index (κ3) is 4.59. The molecule has 0 radical (unpaired) electrons. The zero-order valence-corrected chi connectivity index (χ0v) is 16.1. The lowest BCUT2D eigenvalue weighted by Gasteiger charge is -2.35. The number of rotatable bonds is 5. The van der Waals surface area contributed by atoms with Gasteiger partial charge in [-0.15, -0.1) is 0 Å². The van der Waals surface area contributed by atoms with Crippen molar-refractivity contribution in [3.8, 4) is 0 Å². The van der Waals surface area contributed by atoms with Crippen LogP contribution in [0.1, 0.15) is 37.0 Å². The lowest BCUT2D eigenvalue weighted by molar-refractivity contribution is -0.384. The maximum Gasteiger partial charge on any atom is 0.341 e. The number of nitro groups is 1. The van der Waals surface area contributed by atoms with Gasteiger partial charge in [0.25, 0.3) is 11.6 Å². The Morgan fingerprint density at radius 1 is 1.21 bits per heavy atom. The number of ether oxygens (including phenoxy) is 2. The first-order valence-electron chi connectivity index (χ1n) is 9.49. The van der Waals surface area contributed by atoms with Crippen molar-refractivity contribution in [2.24, 2.45) is 0 Å². The molecule has 1 amide bonds. The lowest BCUT2D eigenvalue weighted by Crippen LogP contribution is -2.49. The second-order valence-electron chi connectivity index (χ2n) is 7.28. The minimum Gasteiger partial charge on any atom is -0.452 e. The highest BCUT2D eigenvalue weighted by Gasteiger charge is 2.28. The molecule has 0 unspecified atom stereocenters. The van der Waals surface area contributed by atoms with Gasteiger partial charge in [0, 0.05) is 38.3 Å². The van der Waals surface area contributed by atoms with Crippen molar-refractivity contribution >= 4 is 23.3 Å². The summed E-state index contributed by atoms with van der Waals surface area (Å²) in [4.78, 5) is 39.2. The van der Waals surface area contributed by atoms with E-state index in [9.17, 15) is 19.7 Å². The maximum absolute atomic E-state index is 12.6. The van der Waals surface area contributed by atoms with Crippen LogP contribution in [0.25, 0.3) is 0 Å². The van der Waals surface area contributed by atoms with Gasteiger partial charge in [0.2, 0.25) is 0 Å². The number of anilines is 1. The highest BCUT2D eigenvalue weighted by atomic mass is 16.6. The number of hydrogen-bond acceptors (Lipinski definition) is 7. The minimum atomic E-state index is -0.728. The summed E-state index contributed by atoms with van der Waals surface area (Å²) in [5.74, 6) is -1.03. The van der Waals surface area contributed by atoms with E-state index in [0.29, 0.717) is 18.8 Å². The third-order valence-electron chi connectivity index (χ3n) is 4.96. The van der Waals surface area contributed by atoms with Gasteiger partial charge in [-0.1, -0.05) is 0 Å². The fraction of sp³-hybridized carbons (Fsp3) is 0.579. The van der Waals surface area contributed by atoms with Gasteiger partial charge >= 0.3 is 5.97 Å². The van der Waals surface area contributed by atoms with Crippen LogP contribution < -0.4 is 4.90 Å². The van der Waals surface area contributed by atoms with Gasteiger partial charge in [-0.3, -0.25) is 14.9 Å². The molecule has 3 rings (SSSR count). The van der Waals surface area contributed by atoms with Gasteiger partial charge in [-0.25, -0.2) is 4.79 Å². The summed E-state index contributed by atoms with van der Waals surface area (Å²) in [5.41, 5.74) is 0.541. The maximum atomic E-state index is 12.6. The van der Waals surface area contributed by atoms with Crippen LogP contribution in [0.2, 0.25) is 0 Å². The molecular formula is C19H25N3O6. The average molecular weight is 391 g/mol. The summed E-state index contributed by atoms with van der Waals surface area (Å²) in [6.45, 7) is 5.80. The van der Waals surface area contributed by atoms with E-state index in [1.54, 1.807) is 11.0 Å².